The highest BCUT2D eigenvalue weighted by atomic mass is 32.2. The van der Waals surface area contributed by atoms with E-state index in [4.69, 9.17) is 0 Å². The quantitative estimate of drug-likeness (QED) is 0.168. The summed E-state index contributed by atoms with van der Waals surface area (Å²) in [6.45, 7) is 12.5. The van der Waals surface area contributed by atoms with E-state index in [9.17, 15) is 21.6 Å². The van der Waals surface area contributed by atoms with E-state index in [1.54, 1.807) is 12.1 Å². The first-order valence-corrected chi connectivity index (χ1v) is 12.2. The number of halogens is 3. The van der Waals surface area contributed by atoms with E-state index in [1.165, 1.54) is 6.20 Å². The fourth-order valence-electron chi connectivity index (χ4n) is 4.06. The van der Waals surface area contributed by atoms with Crippen LogP contribution in [-0.2, 0) is 20.9 Å². The number of rotatable bonds is 2. The minimum Gasteiger partial charge on any atom is -0.355 e. The molecule has 180 valence electrons. The summed E-state index contributed by atoms with van der Waals surface area (Å²) in [5.41, 5.74) is -3.72. The zero-order valence-electron chi connectivity index (χ0n) is 19.8. The first-order chi connectivity index (χ1) is 15.5. The maximum Gasteiger partial charge on any atom is 0.534 e. The molecule has 1 heterocycles. The van der Waals surface area contributed by atoms with Gasteiger partial charge in [-0.2, -0.15) is 21.6 Å². The minimum absolute atomic E-state index is 0.121. The lowest BCUT2D eigenvalue weighted by molar-refractivity contribution is -0.0500. The van der Waals surface area contributed by atoms with Crippen LogP contribution in [0.5, 0.6) is 5.88 Å². The van der Waals surface area contributed by atoms with Crippen LogP contribution in [0.25, 0.3) is 32.3 Å². The molecule has 34 heavy (non-hydrogen) atoms. The van der Waals surface area contributed by atoms with Gasteiger partial charge in [0, 0.05) is 6.20 Å². The van der Waals surface area contributed by atoms with Gasteiger partial charge in [-0.15, -0.1) is 0 Å². The van der Waals surface area contributed by atoms with Crippen LogP contribution >= 0.6 is 0 Å². The van der Waals surface area contributed by atoms with Crippen molar-refractivity contribution in [1.29, 1.82) is 0 Å². The SMILES string of the molecule is CC(C)(C)c1ccc2c(c1)c1cc(C(C)(C)C)ccc1c1c(OS(=O)(=O)C(F)(F)F)nccc21. The number of hydrogen-bond acceptors (Lipinski definition) is 4. The monoisotopic (exact) mass is 489 g/mol. The average Bonchev–Trinajstić information content (AvgIpc) is 2.70. The highest BCUT2D eigenvalue weighted by Crippen LogP contribution is 2.42. The summed E-state index contributed by atoms with van der Waals surface area (Å²) < 4.78 is 67.4. The van der Waals surface area contributed by atoms with Gasteiger partial charge in [0.25, 0.3) is 0 Å². The van der Waals surface area contributed by atoms with Gasteiger partial charge in [0.1, 0.15) is 0 Å². The van der Waals surface area contributed by atoms with E-state index >= 15 is 0 Å². The van der Waals surface area contributed by atoms with Gasteiger partial charge in [-0.1, -0.05) is 65.8 Å². The molecule has 0 spiro atoms. The molecule has 0 saturated heterocycles. The molecule has 4 rings (SSSR count). The number of hydrogen-bond donors (Lipinski definition) is 0. The molecule has 0 amide bonds. The van der Waals surface area contributed by atoms with Crippen LogP contribution < -0.4 is 4.18 Å². The molecule has 0 aliphatic heterocycles. The molecule has 4 aromatic rings. The number of nitrogens with zero attached hydrogens (tertiary/aromatic N) is 1. The van der Waals surface area contributed by atoms with Crippen molar-refractivity contribution in [3.8, 4) is 5.88 Å². The third-order valence-corrected chi connectivity index (χ3v) is 6.95. The summed E-state index contributed by atoms with van der Waals surface area (Å²) in [5.74, 6) is -0.592. The van der Waals surface area contributed by atoms with E-state index < -0.39 is 21.5 Å². The first-order valence-electron chi connectivity index (χ1n) is 10.8. The van der Waals surface area contributed by atoms with Crippen LogP contribution in [0.1, 0.15) is 52.7 Å². The third kappa shape index (κ3) is 4.08. The van der Waals surface area contributed by atoms with Gasteiger partial charge in [0.2, 0.25) is 5.88 Å². The van der Waals surface area contributed by atoms with E-state index in [1.807, 2.05) is 24.3 Å². The molecule has 0 aliphatic carbocycles. The average molecular weight is 490 g/mol. The number of fused-ring (bicyclic) bond motifs is 6. The molecule has 0 unspecified atom stereocenters. The van der Waals surface area contributed by atoms with Crippen LogP contribution in [-0.4, -0.2) is 18.9 Å². The number of alkyl halides is 3. The Bertz CT molecular complexity index is 1540. The lowest BCUT2D eigenvalue weighted by Gasteiger charge is -2.23. The smallest absolute Gasteiger partial charge is 0.355 e. The Morgan fingerprint density at radius 3 is 1.68 bits per heavy atom. The van der Waals surface area contributed by atoms with E-state index in [-0.39, 0.29) is 16.2 Å². The Morgan fingerprint density at radius 1 is 0.706 bits per heavy atom. The Morgan fingerprint density at radius 2 is 1.18 bits per heavy atom. The highest BCUT2D eigenvalue weighted by molar-refractivity contribution is 7.88. The lowest BCUT2D eigenvalue weighted by Crippen LogP contribution is -2.28. The van der Waals surface area contributed by atoms with Crippen LogP contribution in [0.15, 0.2) is 48.7 Å². The highest BCUT2D eigenvalue weighted by Gasteiger charge is 2.49. The van der Waals surface area contributed by atoms with Crippen LogP contribution in [0.2, 0.25) is 0 Å². The molecule has 4 nitrogen and oxygen atoms in total. The fourth-order valence-corrected chi connectivity index (χ4v) is 4.49. The topological polar surface area (TPSA) is 56.3 Å². The van der Waals surface area contributed by atoms with Crippen molar-refractivity contribution in [1.82, 2.24) is 4.98 Å². The molecule has 0 saturated carbocycles. The summed E-state index contributed by atoms with van der Waals surface area (Å²) in [4.78, 5) is 3.89. The van der Waals surface area contributed by atoms with Crippen molar-refractivity contribution in [3.05, 3.63) is 59.8 Å². The third-order valence-electron chi connectivity index (χ3n) is 6.01. The van der Waals surface area contributed by atoms with Gasteiger partial charge in [-0.3, -0.25) is 0 Å². The van der Waals surface area contributed by atoms with Crippen molar-refractivity contribution in [2.45, 2.75) is 57.9 Å². The normalized spacial score (nSPS) is 13.7. The standard InChI is InChI=1S/C26H26F3NO3S/c1-24(2,3)15-7-9-17-19-11-12-30-23(33-34(31,32)26(27,28)29)22(19)18-10-8-16(25(4,5)6)14-21(18)20(17)13-15/h7-14H,1-6H3. The van der Waals surface area contributed by atoms with Gasteiger partial charge in [-0.05, 0) is 67.1 Å². The fraction of sp³-hybridized carbons (Fsp3) is 0.346. The van der Waals surface area contributed by atoms with Gasteiger partial charge in [0.05, 0.1) is 5.39 Å². The summed E-state index contributed by atoms with van der Waals surface area (Å²) in [6.07, 6.45) is 1.26. The number of benzene rings is 3. The largest absolute Gasteiger partial charge is 0.534 e. The van der Waals surface area contributed by atoms with Crippen molar-refractivity contribution in [2.24, 2.45) is 0 Å². The molecule has 0 radical (unpaired) electrons. The molecule has 3 aromatic carbocycles. The maximum absolute atomic E-state index is 13.1. The molecule has 0 fully saturated rings. The lowest BCUT2D eigenvalue weighted by atomic mass is 9.82. The summed E-state index contributed by atoms with van der Waals surface area (Å²) in [5, 5.41) is 3.86. The first kappa shape index (κ1) is 24.3. The van der Waals surface area contributed by atoms with Crippen LogP contribution in [0, 0.1) is 0 Å². The van der Waals surface area contributed by atoms with E-state index in [0.29, 0.717) is 10.8 Å². The zero-order chi connectivity index (χ0) is 25.3. The summed E-state index contributed by atoms with van der Waals surface area (Å²) in [6, 6.07) is 13.4. The predicted octanol–water partition coefficient (Wildman–Crippen LogP) is 7.36. The van der Waals surface area contributed by atoms with Gasteiger partial charge < -0.3 is 4.18 Å². The van der Waals surface area contributed by atoms with Crippen molar-refractivity contribution in [3.63, 3.8) is 0 Å². The zero-order valence-corrected chi connectivity index (χ0v) is 20.6. The molecular formula is C26H26F3NO3S. The second kappa shape index (κ2) is 7.57. The molecular weight excluding hydrogens is 463 g/mol. The van der Waals surface area contributed by atoms with Crippen molar-refractivity contribution < 1.29 is 25.8 Å². The molecule has 0 bridgehead atoms. The van der Waals surface area contributed by atoms with E-state index in [0.717, 1.165) is 27.3 Å². The van der Waals surface area contributed by atoms with Crippen molar-refractivity contribution >= 4 is 42.4 Å². The molecule has 0 atom stereocenters. The summed E-state index contributed by atoms with van der Waals surface area (Å²) in [7, 11) is -5.88. The second-order valence-corrected chi connectivity index (χ2v) is 12.1. The van der Waals surface area contributed by atoms with Gasteiger partial charge >= 0.3 is 15.6 Å². The molecule has 8 heteroatoms. The Balaban J connectivity index is 2.18. The molecule has 0 aliphatic rings. The second-order valence-electron chi connectivity index (χ2n) is 10.5. The number of aromatic nitrogens is 1. The van der Waals surface area contributed by atoms with Crippen molar-refractivity contribution in [2.75, 3.05) is 0 Å². The van der Waals surface area contributed by atoms with E-state index in [2.05, 4.69) is 56.8 Å². The Hall–Kier alpha value is -2.87. The summed E-state index contributed by atoms with van der Waals surface area (Å²) >= 11 is 0. The maximum atomic E-state index is 13.1. The number of pyridine rings is 1. The molecule has 1 aromatic heterocycles. The molecule has 0 N–H and O–H groups in total. The Kier molecular flexibility index (Phi) is 5.40. The predicted molar refractivity (Wildman–Crippen MR) is 130 cm³/mol. The Labute approximate surface area is 196 Å². The van der Waals surface area contributed by atoms with Crippen LogP contribution in [0.4, 0.5) is 13.2 Å². The van der Waals surface area contributed by atoms with Gasteiger partial charge in [-0.25, -0.2) is 4.98 Å². The van der Waals surface area contributed by atoms with Gasteiger partial charge in [0.15, 0.2) is 0 Å². The minimum atomic E-state index is -5.88. The van der Waals surface area contributed by atoms with Crippen LogP contribution in [0.3, 0.4) is 0 Å².